The molecule has 0 amide bonds. The number of terminal acetylenes is 1. The molecule has 0 saturated heterocycles. The molecule has 0 N–H and O–H groups in total. The molecule has 0 aliphatic heterocycles. The molecule has 5 nitrogen and oxygen atoms in total. The highest BCUT2D eigenvalue weighted by Crippen LogP contribution is 2.30. The van der Waals surface area contributed by atoms with Crippen LogP contribution in [-0.4, -0.2) is 18.6 Å². The van der Waals surface area contributed by atoms with Gasteiger partial charge < -0.3 is 9.47 Å². The van der Waals surface area contributed by atoms with Crippen LogP contribution in [0.25, 0.3) is 0 Å². The predicted octanol–water partition coefficient (Wildman–Crippen LogP) is 1.62. The Kier molecular flexibility index (Phi) is 3.52. The minimum Gasteiger partial charge on any atom is -0.496 e. The predicted molar refractivity (Wildman–Crippen MR) is 54.0 cm³/mol. The Morgan fingerprint density at radius 1 is 1.60 bits per heavy atom. The van der Waals surface area contributed by atoms with Crippen molar-refractivity contribution >= 4 is 5.69 Å². The molecule has 0 heterocycles. The van der Waals surface area contributed by atoms with Crippen LogP contribution in [0.3, 0.4) is 0 Å². The molecule has 0 unspecified atom stereocenters. The van der Waals surface area contributed by atoms with E-state index in [4.69, 9.17) is 15.9 Å². The second kappa shape index (κ2) is 4.86. The lowest BCUT2D eigenvalue weighted by Gasteiger charge is -2.04. The zero-order chi connectivity index (χ0) is 11.3. The van der Waals surface area contributed by atoms with Crippen LogP contribution in [0.5, 0.6) is 11.5 Å². The van der Waals surface area contributed by atoms with Gasteiger partial charge in [-0.2, -0.15) is 0 Å². The number of nitro groups is 1. The van der Waals surface area contributed by atoms with Crippen LogP contribution in [0.1, 0.15) is 0 Å². The molecule has 0 aliphatic carbocycles. The largest absolute Gasteiger partial charge is 0.496 e. The number of nitro benzene ring substituents is 1. The fourth-order valence-electron chi connectivity index (χ4n) is 1.01. The summed E-state index contributed by atoms with van der Waals surface area (Å²) < 4.78 is 9.88. The van der Waals surface area contributed by atoms with Gasteiger partial charge in [0.05, 0.1) is 18.1 Å². The number of nitrogens with zero attached hydrogens (tertiary/aromatic N) is 1. The van der Waals surface area contributed by atoms with Crippen molar-refractivity contribution in [1.82, 2.24) is 0 Å². The lowest BCUT2D eigenvalue weighted by molar-refractivity contribution is -0.385. The summed E-state index contributed by atoms with van der Waals surface area (Å²) >= 11 is 0. The Labute approximate surface area is 86.8 Å². The molecule has 15 heavy (non-hydrogen) atoms. The highest BCUT2D eigenvalue weighted by molar-refractivity contribution is 5.51. The van der Waals surface area contributed by atoms with Crippen molar-refractivity contribution in [2.24, 2.45) is 0 Å². The van der Waals surface area contributed by atoms with E-state index in [0.717, 1.165) is 0 Å². The molecule has 1 aromatic rings. The number of hydrogen-bond acceptors (Lipinski definition) is 4. The van der Waals surface area contributed by atoms with Crippen molar-refractivity contribution in [3.63, 3.8) is 0 Å². The van der Waals surface area contributed by atoms with E-state index in [9.17, 15) is 10.1 Å². The van der Waals surface area contributed by atoms with E-state index in [1.165, 1.54) is 19.2 Å². The zero-order valence-electron chi connectivity index (χ0n) is 8.10. The van der Waals surface area contributed by atoms with Crippen molar-refractivity contribution in [3.05, 3.63) is 28.3 Å². The van der Waals surface area contributed by atoms with Gasteiger partial charge in [-0.3, -0.25) is 10.1 Å². The SMILES string of the molecule is C#CCOc1ccc(OC)cc1[N+](=O)[O-]. The zero-order valence-corrected chi connectivity index (χ0v) is 8.10. The average molecular weight is 207 g/mol. The molecule has 0 fully saturated rings. The van der Waals surface area contributed by atoms with Crippen LogP contribution < -0.4 is 9.47 Å². The van der Waals surface area contributed by atoms with Crippen LogP contribution in [0, 0.1) is 22.5 Å². The van der Waals surface area contributed by atoms with Crippen LogP contribution >= 0.6 is 0 Å². The molecule has 5 heteroatoms. The van der Waals surface area contributed by atoms with Crippen molar-refractivity contribution in [2.75, 3.05) is 13.7 Å². The third kappa shape index (κ3) is 2.61. The van der Waals surface area contributed by atoms with Gasteiger partial charge in [-0.15, -0.1) is 6.42 Å². The van der Waals surface area contributed by atoms with Crippen molar-refractivity contribution in [3.8, 4) is 23.8 Å². The minimum atomic E-state index is -0.547. The van der Waals surface area contributed by atoms with E-state index < -0.39 is 4.92 Å². The lowest BCUT2D eigenvalue weighted by atomic mass is 10.3. The average Bonchev–Trinajstić information content (AvgIpc) is 2.26. The van der Waals surface area contributed by atoms with Crippen molar-refractivity contribution < 1.29 is 14.4 Å². The fraction of sp³-hybridized carbons (Fsp3) is 0.200. The monoisotopic (exact) mass is 207 g/mol. The molecule has 0 aliphatic rings. The molecule has 0 bridgehead atoms. The third-order valence-electron chi connectivity index (χ3n) is 1.67. The summed E-state index contributed by atoms with van der Waals surface area (Å²) in [4.78, 5) is 10.1. The van der Waals surface area contributed by atoms with E-state index in [-0.39, 0.29) is 18.0 Å². The Bertz CT molecular complexity index is 408. The van der Waals surface area contributed by atoms with Crippen molar-refractivity contribution in [2.45, 2.75) is 0 Å². The van der Waals surface area contributed by atoms with Gasteiger partial charge >= 0.3 is 5.69 Å². The minimum absolute atomic E-state index is 0.00678. The van der Waals surface area contributed by atoms with Gasteiger partial charge in [0.2, 0.25) is 0 Å². The summed E-state index contributed by atoms with van der Waals surface area (Å²) in [5, 5.41) is 10.7. The fourth-order valence-corrected chi connectivity index (χ4v) is 1.01. The van der Waals surface area contributed by atoms with E-state index >= 15 is 0 Å². The maximum atomic E-state index is 10.7. The number of hydrogen-bond donors (Lipinski definition) is 0. The third-order valence-corrected chi connectivity index (χ3v) is 1.67. The smallest absolute Gasteiger partial charge is 0.314 e. The summed E-state index contributed by atoms with van der Waals surface area (Å²) in [6.45, 7) is -0.00678. The molecule has 1 aromatic carbocycles. The van der Waals surface area contributed by atoms with E-state index in [0.29, 0.717) is 5.75 Å². The quantitative estimate of drug-likeness (QED) is 0.427. The Hall–Kier alpha value is -2.22. The van der Waals surface area contributed by atoms with Crippen molar-refractivity contribution in [1.29, 1.82) is 0 Å². The first-order valence-electron chi connectivity index (χ1n) is 4.07. The second-order valence-corrected chi connectivity index (χ2v) is 2.58. The number of benzene rings is 1. The summed E-state index contributed by atoms with van der Waals surface area (Å²) in [6, 6.07) is 4.30. The van der Waals surface area contributed by atoms with Crippen LogP contribution in [-0.2, 0) is 0 Å². The topological polar surface area (TPSA) is 61.6 Å². The first-order valence-corrected chi connectivity index (χ1v) is 4.07. The van der Waals surface area contributed by atoms with E-state index in [2.05, 4.69) is 5.92 Å². The number of methoxy groups -OCH3 is 1. The molecule has 0 spiro atoms. The summed E-state index contributed by atoms with van der Waals surface area (Å²) in [5.74, 6) is 2.77. The van der Waals surface area contributed by atoms with Gasteiger partial charge in [0.15, 0.2) is 5.75 Å². The normalized spacial score (nSPS) is 9.07. The maximum absolute atomic E-state index is 10.7. The van der Waals surface area contributed by atoms with Crippen LogP contribution in [0.2, 0.25) is 0 Å². The summed E-state index contributed by atoms with van der Waals surface area (Å²) in [7, 11) is 1.43. The highest BCUT2D eigenvalue weighted by atomic mass is 16.6. The lowest BCUT2D eigenvalue weighted by Crippen LogP contribution is -1.98. The van der Waals surface area contributed by atoms with Gasteiger partial charge in [0, 0.05) is 0 Å². The van der Waals surface area contributed by atoms with Gasteiger partial charge in [-0.05, 0) is 12.1 Å². The molecule has 0 radical (unpaired) electrons. The Balaban J connectivity index is 3.05. The highest BCUT2D eigenvalue weighted by Gasteiger charge is 2.15. The van der Waals surface area contributed by atoms with E-state index in [1.54, 1.807) is 6.07 Å². The Morgan fingerprint density at radius 2 is 2.33 bits per heavy atom. The second-order valence-electron chi connectivity index (χ2n) is 2.58. The van der Waals surface area contributed by atoms with Gasteiger partial charge in [0.25, 0.3) is 0 Å². The Morgan fingerprint density at radius 3 is 2.87 bits per heavy atom. The molecule has 78 valence electrons. The van der Waals surface area contributed by atoms with Gasteiger partial charge in [-0.1, -0.05) is 5.92 Å². The molecule has 0 saturated carbocycles. The van der Waals surface area contributed by atoms with E-state index in [1.807, 2.05) is 0 Å². The molecule has 1 rings (SSSR count). The molecule has 0 aromatic heterocycles. The number of ether oxygens (including phenoxy) is 2. The molecular weight excluding hydrogens is 198 g/mol. The summed E-state index contributed by atoms with van der Waals surface area (Å²) in [5.41, 5.74) is -0.162. The maximum Gasteiger partial charge on any atom is 0.314 e. The number of rotatable bonds is 4. The van der Waals surface area contributed by atoms with Crippen LogP contribution in [0.15, 0.2) is 18.2 Å². The molecular formula is C10H9NO4. The first-order chi connectivity index (χ1) is 7.19. The summed E-state index contributed by atoms with van der Waals surface area (Å²) in [6.07, 6.45) is 4.99. The van der Waals surface area contributed by atoms with Gasteiger partial charge in [0.1, 0.15) is 12.4 Å². The molecule has 0 atom stereocenters. The standard InChI is InChI=1S/C10H9NO4/c1-3-6-15-10-5-4-8(14-2)7-9(10)11(12)13/h1,4-5,7H,6H2,2H3. The van der Waals surface area contributed by atoms with Gasteiger partial charge in [-0.25, -0.2) is 0 Å². The van der Waals surface area contributed by atoms with Crippen LogP contribution in [0.4, 0.5) is 5.69 Å². The first kappa shape index (κ1) is 10.9.